The van der Waals surface area contributed by atoms with E-state index in [1.807, 2.05) is 0 Å². The summed E-state index contributed by atoms with van der Waals surface area (Å²) < 4.78 is 0. The Bertz CT molecular complexity index is 319. The topological polar surface area (TPSA) is 52.7 Å². The number of carbonyl (C=O) groups excluding carboxylic acids is 2. The van der Waals surface area contributed by atoms with E-state index in [0.717, 1.165) is 13.1 Å². The van der Waals surface area contributed by atoms with Crippen molar-refractivity contribution in [2.45, 2.75) is 25.3 Å². The van der Waals surface area contributed by atoms with Crippen molar-refractivity contribution in [3.63, 3.8) is 0 Å². The molecule has 2 saturated heterocycles. The van der Waals surface area contributed by atoms with Gasteiger partial charge in [0.25, 0.3) is 0 Å². The zero-order valence-electron chi connectivity index (χ0n) is 10.6. The van der Waals surface area contributed by atoms with E-state index >= 15 is 0 Å². The van der Waals surface area contributed by atoms with Gasteiger partial charge in [0.15, 0.2) is 0 Å². The Labute approximate surface area is 102 Å². The normalized spacial score (nSPS) is 31.3. The average Bonchev–Trinajstić information content (AvgIpc) is 2.54. The van der Waals surface area contributed by atoms with Crippen molar-refractivity contribution in [2.24, 2.45) is 5.92 Å². The Morgan fingerprint density at radius 2 is 2.12 bits per heavy atom. The Kier molecular flexibility index (Phi) is 3.79. The monoisotopic (exact) mass is 239 g/mol. The second-order valence-corrected chi connectivity index (χ2v) is 5.23. The van der Waals surface area contributed by atoms with Crippen LogP contribution in [0.4, 0.5) is 0 Å². The lowest BCUT2D eigenvalue weighted by atomic mass is 9.98. The van der Waals surface area contributed by atoms with Gasteiger partial charge < -0.3 is 10.2 Å². The Morgan fingerprint density at radius 3 is 2.71 bits per heavy atom. The van der Waals surface area contributed by atoms with E-state index in [2.05, 4.69) is 17.3 Å². The predicted molar refractivity (Wildman–Crippen MR) is 64.4 cm³/mol. The molecule has 2 heterocycles. The van der Waals surface area contributed by atoms with Crippen molar-refractivity contribution in [2.75, 3.05) is 33.7 Å². The van der Waals surface area contributed by atoms with Gasteiger partial charge in [-0.15, -0.1) is 0 Å². The number of amides is 2. The molecule has 2 atom stereocenters. The molecule has 2 fully saturated rings. The minimum Gasteiger partial charge on any atom is -0.306 e. The molecule has 2 amide bonds. The van der Waals surface area contributed by atoms with Crippen LogP contribution in [0.5, 0.6) is 0 Å². The van der Waals surface area contributed by atoms with E-state index < -0.39 is 0 Å². The molecule has 17 heavy (non-hydrogen) atoms. The van der Waals surface area contributed by atoms with Gasteiger partial charge in [-0.05, 0) is 38.9 Å². The molecule has 0 aromatic carbocycles. The highest BCUT2D eigenvalue weighted by Crippen LogP contribution is 2.16. The number of piperidine rings is 1. The van der Waals surface area contributed by atoms with Crippen LogP contribution in [-0.2, 0) is 9.59 Å². The van der Waals surface area contributed by atoms with Crippen molar-refractivity contribution < 1.29 is 9.59 Å². The van der Waals surface area contributed by atoms with Crippen LogP contribution in [0.15, 0.2) is 0 Å². The van der Waals surface area contributed by atoms with Crippen molar-refractivity contribution in [3.05, 3.63) is 0 Å². The van der Waals surface area contributed by atoms with Crippen LogP contribution in [0.25, 0.3) is 0 Å². The fraction of sp³-hybridized carbons (Fsp3) is 0.833. The van der Waals surface area contributed by atoms with Crippen LogP contribution >= 0.6 is 0 Å². The molecule has 1 N–H and O–H groups in total. The molecule has 2 unspecified atom stereocenters. The second-order valence-electron chi connectivity index (χ2n) is 5.23. The molecule has 0 aliphatic carbocycles. The predicted octanol–water partition coefficient (Wildman–Crippen LogP) is -0.325. The van der Waals surface area contributed by atoms with E-state index in [1.54, 1.807) is 7.05 Å². The summed E-state index contributed by atoms with van der Waals surface area (Å²) in [6, 6.07) is -0.292. The molecule has 0 saturated carbocycles. The maximum absolute atomic E-state index is 11.7. The number of likely N-dealkylation sites (N-methyl/N-ethyl adjacent to an activating group) is 1. The molecule has 5 nitrogen and oxygen atoms in total. The summed E-state index contributed by atoms with van der Waals surface area (Å²) in [7, 11) is 3.69. The van der Waals surface area contributed by atoms with Crippen LogP contribution < -0.4 is 5.32 Å². The molecule has 5 heteroatoms. The summed E-state index contributed by atoms with van der Waals surface area (Å²) in [6.45, 7) is 3.08. The Hall–Kier alpha value is -0.940. The third kappa shape index (κ3) is 2.84. The van der Waals surface area contributed by atoms with E-state index in [1.165, 1.54) is 24.3 Å². The first-order chi connectivity index (χ1) is 8.08. The summed E-state index contributed by atoms with van der Waals surface area (Å²) in [5, 5.41) is 3.24. The number of hydrogen-bond acceptors (Lipinski definition) is 4. The van der Waals surface area contributed by atoms with E-state index in [4.69, 9.17) is 0 Å². The van der Waals surface area contributed by atoms with Crippen molar-refractivity contribution in [1.82, 2.24) is 15.1 Å². The standard InChI is InChI=1S/C12H21N3O2/c1-14-5-3-4-9(8-14)7-13-10-6-11(16)15(2)12(10)17/h9-10,13H,3-8H2,1-2H3. The van der Waals surface area contributed by atoms with Gasteiger partial charge in [-0.3, -0.25) is 14.5 Å². The molecular formula is C12H21N3O2. The Morgan fingerprint density at radius 1 is 1.35 bits per heavy atom. The third-order valence-electron chi connectivity index (χ3n) is 3.76. The lowest BCUT2D eigenvalue weighted by Gasteiger charge is -2.30. The molecule has 0 radical (unpaired) electrons. The number of likely N-dealkylation sites (tertiary alicyclic amines) is 2. The average molecular weight is 239 g/mol. The lowest BCUT2D eigenvalue weighted by Crippen LogP contribution is -2.43. The second kappa shape index (κ2) is 5.14. The molecule has 0 bridgehead atoms. The summed E-state index contributed by atoms with van der Waals surface area (Å²) in [6.07, 6.45) is 2.75. The highest BCUT2D eigenvalue weighted by molar-refractivity contribution is 6.05. The maximum atomic E-state index is 11.7. The number of hydrogen-bond donors (Lipinski definition) is 1. The first-order valence-electron chi connectivity index (χ1n) is 6.30. The molecule has 0 aromatic heterocycles. The largest absolute Gasteiger partial charge is 0.306 e. The fourth-order valence-corrected chi connectivity index (χ4v) is 2.66. The molecule has 2 rings (SSSR count). The molecule has 0 spiro atoms. The highest BCUT2D eigenvalue weighted by atomic mass is 16.2. The molecule has 96 valence electrons. The van der Waals surface area contributed by atoms with Gasteiger partial charge in [-0.2, -0.15) is 0 Å². The van der Waals surface area contributed by atoms with Crippen LogP contribution in [0.2, 0.25) is 0 Å². The first-order valence-corrected chi connectivity index (χ1v) is 6.30. The van der Waals surface area contributed by atoms with Gasteiger partial charge in [-0.1, -0.05) is 0 Å². The molecular weight excluding hydrogens is 218 g/mol. The van der Waals surface area contributed by atoms with E-state index in [-0.39, 0.29) is 17.9 Å². The van der Waals surface area contributed by atoms with Crippen molar-refractivity contribution >= 4 is 11.8 Å². The summed E-state index contributed by atoms with van der Waals surface area (Å²) in [5.41, 5.74) is 0. The highest BCUT2D eigenvalue weighted by Gasteiger charge is 2.35. The van der Waals surface area contributed by atoms with Crippen molar-refractivity contribution in [3.8, 4) is 0 Å². The van der Waals surface area contributed by atoms with Gasteiger partial charge in [-0.25, -0.2) is 0 Å². The van der Waals surface area contributed by atoms with Crippen LogP contribution in [0, 0.1) is 5.92 Å². The van der Waals surface area contributed by atoms with Crippen LogP contribution in [0.1, 0.15) is 19.3 Å². The Balaban J connectivity index is 1.79. The van der Waals surface area contributed by atoms with Crippen LogP contribution in [0.3, 0.4) is 0 Å². The summed E-state index contributed by atoms with van der Waals surface area (Å²) in [5.74, 6) is 0.440. The first kappa shape index (κ1) is 12.5. The summed E-state index contributed by atoms with van der Waals surface area (Å²) >= 11 is 0. The SMILES string of the molecule is CN1CCCC(CNC2CC(=O)N(C)C2=O)C1. The number of nitrogens with zero attached hydrogens (tertiary/aromatic N) is 2. The zero-order chi connectivity index (χ0) is 12.4. The molecule has 2 aliphatic rings. The van der Waals surface area contributed by atoms with Crippen molar-refractivity contribution in [1.29, 1.82) is 0 Å². The minimum absolute atomic E-state index is 0.0757. The number of rotatable bonds is 3. The number of carbonyl (C=O) groups is 2. The van der Waals surface area contributed by atoms with E-state index in [0.29, 0.717) is 12.3 Å². The van der Waals surface area contributed by atoms with Gasteiger partial charge in [0.2, 0.25) is 11.8 Å². The third-order valence-corrected chi connectivity index (χ3v) is 3.76. The van der Waals surface area contributed by atoms with E-state index in [9.17, 15) is 9.59 Å². The lowest BCUT2D eigenvalue weighted by molar-refractivity contribution is -0.137. The van der Waals surface area contributed by atoms with Gasteiger partial charge >= 0.3 is 0 Å². The van der Waals surface area contributed by atoms with Gasteiger partial charge in [0.05, 0.1) is 12.5 Å². The van der Waals surface area contributed by atoms with Crippen LogP contribution in [-0.4, -0.2) is 61.4 Å². The van der Waals surface area contributed by atoms with Gasteiger partial charge in [0, 0.05) is 13.6 Å². The smallest absolute Gasteiger partial charge is 0.246 e. The quantitative estimate of drug-likeness (QED) is 0.686. The molecule has 2 aliphatic heterocycles. The number of imide groups is 1. The zero-order valence-corrected chi connectivity index (χ0v) is 10.6. The number of nitrogens with one attached hydrogen (secondary N) is 1. The maximum Gasteiger partial charge on any atom is 0.246 e. The minimum atomic E-state index is -0.292. The summed E-state index contributed by atoms with van der Waals surface area (Å²) in [4.78, 5) is 26.6. The van der Waals surface area contributed by atoms with Gasteiger partial charge in [0.1, 0.15) is 0 Å². The molecule has 0 aromatic rings. The fourth-order valence-electron chi connectivity index (χ4n) is 2.66.